The minimum absolute atomic E-state index is 0. The van der Waals surface area contributed by atoms with Crippen LogP contribution in [0, 0.1) is 0 Å². The lowest BCUT2D eigenvalue weighted by atomic mass is 10.1. The first kappa shape index (κ1) is 15.7. The van der Waals surface area contributed by atoms with Gasteiger partial charge in [-0.15, -0.1) is 12.4 Å². The molecule has 0 aromatic heterocycles. The molecule has 2 fully saturated rings. The van der Waals surface area contributed by atoms with Crippen LogP contribution in [-0.2, 0) is 9.53 Å². The van der Waals surface area contributed by atoms with Gasteiger partial charge >= 0.3 is 0 Å². The first-order valence-corrected chi connectivity index (χ1v) is 6.89. The van der Waals surface area contributed by atoms with Gasteiger partial charge < -0.3 is 15.4 Å². The van der Waals surface area contributed by atoms with Gasteiger partial charge in [-0.25, -0.2) is 0 Å². The molecule has 0 spiro atoms. The first-order chi connectivity index (χ1) is 8.24. The lowest BCUT2D eigenvalue weighted by molar-refractivity contribution is -0.121. The van der Waals surface area contributed by atoms with Gasteiger partial charge in [-0.05, 0) is 45.6 Å². The van der Waals surface area contributed by atoms with E-state index in [9.17, 15) is 4.79 Å². The highest BCUT2D eigenvalue weighted by atomic mass is 35.5. The zero-order valence-electron chi connectivity index (χ0n) is 11.1. The molecule has 18 heavy (non-hydrogen) atoms. The molecule has 2 N–H and O–H groups in total. The van der Waals surface area contributed by atoms with E-state index in [-0.39, 0.29) is 18.3 Å². The molecule has 2 saturated heterocycles. The third-order valence-electron chi connectivity index (χ3n) is 3.72. The summed E-state index contributed by atoms with van der Waals surface area (Å²) in [6, 6.07) is 0.488. The molecule has 0 bridgehead atoms. The predicted molar refractivity (Wildman–Crippen MR) is 74.1 cm³/mol. The van der Waals surface area contributed by atoms with Crippen LogP contribution in [0.2, 0.25) is 0 Å². The Labute approximate surface area is 116 Å². The number of carbonyl (C=O) groups is 1. The van der Waals surface area contributed by atoms with Crippen molar-refractivity contribution in [1.29, 1.82) is 0 Å². The Balaban J connectivity index is 0.00000162. The second-order valence-corrected chi connectivity index (χ2v) is 5.28. The standard InChI is InChI=1S/C13H24N2O2.ClH/c1-10-4-5-12(17-10)6-7-13(16)15-9-11-3-2-8-14-11;/h10-12,14H,2-9H2,1H3,(H,15,16);1H. The second kappa shape index (κ2) is 7.97. The Kier molecular flexibility index (Phi) is 6.97. The SMILES string of the molecule is CC1CCC(CCC(=O)NCC2CCCN2)O1.Cl. The second-order valence-electron chi connectivity index (χ2n) is 5.28. The average Bonchev–Trinajstić information content (AvgIpc) is 2.95. The zero-order chi connectivity index (χ0) is 12.1. The summed E-state index contributed by atoms with van der Waals surface area (Å²) in [6.45, 7) is 3.97. The smallest absolute Gasteiger partial charge is 0.220 e. The van der Waals surface area contributed by atoms with Crippen LogP contribution in [0.3, 0.4) is 0 Å². The molecule has 2 aliphatic rings. The topological polar surface area (TPSA) is 50.4 Å². The molecule has 0 aromatic carbocycles. The third-order valence-corrected chi connectivity index (χ3v) is 3.72. The van der Waals surface area contributed by atoms with Gasteiger partial charge in [0.1, 0.15) is 0 Å². The summed E-state index contributed by atoms with van der Waals surface area (Å²) in [5.41, 5.74) is 0. The highest BCUT2D eigenvalue weighted by Crippen LogP contribution is 2.22. The zero-order valence-corrected chi connectivity index (χ0v) is 11.9. The number of nitrogens with one attached hydrogen (secondary N) is 2. The van der Waals surface area contributed by atoms with Crippen LogP contribution in [0.4, 0.5) is 0 Å². The summed E-state index contributed by atoms with van der Waals surface area (Å²) in [7, 11) is 0. The molecular formula is C13H25ClN2O2. The number of carbonyl (C=O) groups excluding carboxylic acids is 1. The Morgan fingerprint density at radius 2 is 2.22 bits per heavy atom. The van der Waals surface area contributed by atoms with Gasteiger partial charge in [0, 0.05) is 19.0 Å². The Morgan fingerprint density at radius 1 is 1.39 bits per heavy atom. The van der Waals surface area contributed by atoms with Crippen molar-refractivity contribution in [1.82, 2.24) is 10.6 Å². The van der Waals surface area contributed by atoms with Crippen LogP contribution in [0.25, 0.3) is 0 Å². The van der Waals surface area contributed by atoms with Gasteiger partial charge in [0.2, 0.25) is 5.91 Å². The maximum Gasteiger partial charge on any atom is 0.220 e. The van der Waals surface area contributed by atoms with Crippen molar-refractivity contribution < 1.29 is 9.53 Å². The quantitative estimate of drug-likeness (QED) is 0.802. The summed E-state index contributed by atoms with van der Waals surface area (Å²) in [5.74, 6) is 0.168. The third kappa shape index (κ3) is 5.12. The van der Waals surface area contributed by atoms with Crippen molar-refractivity contribution in [3.05, 3.63) is 0 Å². The summed E-state index contributed by atoms with van der Waals surface area (Å²) in [6.07, 6.45) is 6.82. The minimum atomic E-state index is 0. The lowest BCUT2D eigenvalue weighted by Gasteiger charge is -2.13. The van der Waals surface area contributed by atoms with E-state index in [0.29, 0.717) is 24.7 Å². The number of ether oxygens (including phenoxy) is 1. The van der Waals surface area contributed by atoms with Crippen molar-refractivity contribution in [2.75, 3.05) is 13.1 Å². The molecule has 4 nitrogen and oxygen atoms in total. The fourth-order valence-corrected chi connectivity index (χ4v) is 2.65. The van der Waals surface area contributed by atoms with Crippen molar-refractivity contribution in [2.45, 2.75) is 63.7 Å². The van der Waals surface area contributed by atoms with Gasteiger partial charge in [-0.1, -0.05) is 0 Å². The van der Waals surface area contributed by atoms with Crippen LogP contribution in [0.5, 0.6) is 0 Å². The lowest BCUT2D eigenvalue weighted by Crippen LogP contribution is -2.37. The molecule has 0 radical (unpaired) electrons. The molecule has 5 heteroatoms. The predicted octanol–water partition coefficient (Wildman–Crippen LogP) is 1.62. The van der Waals surface area contributed by atoms with E-state index in [1.54, 1.807) is 0 Å². The van der Waals surface area contributed by atoms with Crippen molar-refractivity contribution >= 4 is 18.3 Å². The average molecular weight is 277 g/mol. The Morgan fingerprint density at radius 3 is 2.83 bits per heavy atom. The van der Waals surface area contributed by atoms with E-state index >= 15 is 0 Å². The number of hydrogen-bond donors (Lipinski definition) is 2. The molecule has 3 atom stereocenters. The van der Waals surface area contributed by atoms with Crippen LogP contribution < -0.4 is 10.6 Å². The van der Waals surface area contributed by atoms with Crippen LogP contribution >= 0.6 is 12.4 Å². The van der Waals surface area contributed by atoms with Crippen LogP contribution in [0.15, 0.2) is 0 Å². The van der Waals surface area contributed by atoms with Crippen LogP contribution in [0.1, 0.15) is 45.4 Å². The molecule has 0 aromatic rings. The molecule has 106 valence electrons. The maximum atomic E-state index is 11.6. The number of halogens is 1. The van der Waals surface area contributed by atoms with Crippen LogP contribution in [-0.4, -0.2) is 37.2 Å². The number of hydrogen-bond acceptors (Lipinski definition) is 3. The molecule has 0 saturated carbocycles. The summed E-state index contributed by atoms with van der Waals surface area (Å²) >= 11 is 0. The molecule has 1 amide bonds. The van der Waals surface area contributed by atoms with E-state index < -0.39 is 0 Å². The molecule has 0 aliphatic carbocycles. The van der Waals surface area contributed by atoms with Gasteiger partial charge in [-0.3, -0.25) is 4.79 Å². The van der Waals surface area contributed by atoms with Crippen molar-refractivity contribution in [3.63, 3.8) is 0 Å². The van der Waals surface area contributed by atoms with E-state index in [1.165, 1.54) is 12.8 Å². The first-order valence-electron chi connectivity index (χ1n) is 6.89. The number of amides is 1. The normalized spacial score (nSPS) is 31.1. The van der Waals surface area contributed by atoms with Gasteiger partial charge in [0.05, 0.1) is 12.2 Å². The molecule has 2 heterocycles. The molecule has 3 unspecified atom stereocenters. The van der Waals surface area contributed by atoms with E-state index in [0.717, 1.165) is 32.4 Å². The fourth-order valence-electron chi connectivity index (χ4n) is 2.65. The summed E-state index contributed by atoms with van der Waals surface area (Å²) in [5, 5.41) is 6.38. The van der Waals surface area contributed by atoms with Gasteiger partial charge in [0.15, 0.2) is 0 Å². The maximum absolute atomic E-state index is 11.6. The van der Waals surface area contributed by atoms with E-state index in [4.69, 9.17) is 4.74 Å². The molecule has 2 aliphatic heterocycles. The molecular weight excluding hydrogens is 252 g/mol. The van der Waals surface area contributed by atoms with Crippen molar-refractivity contribution in [2.24, 2.45) is 0 Å². The Hall–Kier alpha value is -0.320. The minimum Gasteiger partial charge on any atom is -0.375 e. The Bertz CT molecular complexity index is 257. The largest absolute Gasteiger partial charge is 0.375 e. The highest BCUT2D eigenvalue weighted by Gasteiger charge is 2.22. The van der Waals surface area contributed by atoms with E-state index in [1.807, 2.05) is 0 Å². The highest BCUT2D eigenvalue weighted by molar-refractivity contribution is 5.85. The summed E-state index contributed by atoms with van der Waals surface area (Å²) < 4.78 is 5.70. The van der Waals surface area contributed by atoms with Crippen molar-refractivity contribution in [3.8, 4) is 0 Å². The van der Waals surface area contributed by atoms with E-state index in [2.05, 4.69) is 17.6 Å². The van der Waals surface area contributed by atoms with Gasteiger partial charge in [-0.2, -0.15) is 0 Å². The number of rotatable bonds is 5. The van der Waals surface area contributed by atoms with Gasteiger partial charge in [0.25, 0.3) is 0 Å². The fraction of sp³-hybridized carbons (Fsp3) is 0.923. The molecule has 2 rings (SSSR count). The monoisotopic (exact) mass is 276 g/mol. The summed E-state index contributed by atoms with van der Waals surface area (Å²) in [4.78, 5) is 11.6.